The molecule has 1 fully saturated rings. The van der Waals surface area contributed by atoms with Crippen LogP contribution in [-0.4, -0.2) is 59.7 Å². The van der Waals surface area contributed by atoms with E-state index in [1.807, 2.05) is 18.2 Å². The molecule has 0 spiro atoms. The summed E-state index contributed by atoms with van der Waals surface area (Å²) in [5, 5.41) is 18.0. The van der Waals surface area contributed by atoms with Crippen molar-refractivity contribution >= 4 is 17.5 Å². The van der Waals surface area contributed by atoms with Gasteiger partial charge in [-0.05, 0) is 75.7 Å². The zero-order valence-electron chi connectivity index (χ0n) is 19.4. The molecular formula is C22H28FN9O. The van der Waals surface area contributed by atoms with E-state index in [1.54, 1.807) is 4.68 Å². The zero-order valence-corrected chi connectivity index (χ0v) is 19.4. The number of fused-ring (bicyclic) bond motifs is 3. The Hall–Kier alpha value is -3.34. The first-order valence-electron chi connectivity index (χ1n) is 11.0. The molecule has 0 saturated carbocycles. The first-order chi connectivity index (χ1) is 15.6. The molecule has 0 bridgehead atoms. The predicted octanol–water partition coefficient (Wildman–Crippen LogP) is 3.15. The summed E-state index contributed by atoms with van der Waals surface area (Å²) in [6.07, 6.45) is 2.19. The highest BCUT2D eigenvalue weighted by Gasteiger charge is 2.48. The summed E-state index contributed by atoms with van der Waals surface area (Å²) in [4.78, 5) is 10.9. The lowest BCUT2D eigenvalue weighted by Gasteiger charge is -2.38. The molecule has 33 heavy (non-hydrogen) atoms. The van der Waals surface area contributed by atoms with E-state index >= 15 is 0 Å². The molecule has 5 rings (SSSR count). The quantitative estimate of drug-likeness (QED) is 0.602. The van der Waals surface area contributed by atoms with Crippen LogP contribution in [-0.2, 0) is 6.61 Å². The molecule has 0 radical (unpaired) electrons. The second-order valence-electron chi connectivity index (χ2n) is 9.80. The third-order valence-electron chi connectivity index (χ3n) is 7.11. The number of anilines is 3. The number of tetrazole rings is 1. The monoisotopic (exact) mass is 453 g/mol. The molecule has 3 aromatic rings. The Balaban J connectivity index is 1.33. The number of halogens is 1. The van der Waals surface area contributed by atoms with Crippen LogP contribution in [0.3, 0.4) is 0 Å². The van der Waals surface area contributed by atoms with Crippen LogP contribution in [0.1, 0.15) is 39.9 Å². The molecule has 10 nitrogen and oxygen atoms in total. The van der Waals surface area contributed by atoms with Crippen molar-refractivity contribution in [1.29, 1.82) is 0 Å². The van der Waals surface area contributed by atoms with Crippen LogP contribution >= 0.6 is 0 Å². The van der Waals surface area contributed by atoms with Crippen molar-refractivity contribution in [3.63, 3.8) is 0 Å². The molecule has 174 valence electrons. The fourth-order valence-corrected chi connectivity index (χ4v) is 4.77. The topological polar surface area (TPSA) is 106 Å². The van der Waals surface area contributed by atoms with Gasteiger partial charge in [-0.1, -0.05) is 0 Å². The van der Waals surface area contributed by atoms with Gasteiger partial charge >= 0.3 is 0 Å². The molecule has 2 aromatic heterocycles. The van der Waals surface area contributed by atoms with Gasteiger partial charge in [-0.15, -0.1) is 5.10 Å². The van der Waals surface area contributed by atoms with Gasteiger partial charge in [0, 0.05) is 23.3 Å². The maximum Gasteiger partial charge on any atom is 0.229 e. The van der Waals surface area contributed by atoms with Crippen LogP contribution in [0.25, 0.3) is 5.69 Å². The third kappa shape index (κ3) is 3.75. The Labute approximate surface area is 191 Å². The number of hydrogen-bond acceptors (Lipinski definition) is 9. The minimum atomic E-state index is -0.485. The lowest BCUT2D eigenvalue weighted by atomic mass is 9.87. The highest BCUT2D eigenvalue weighted by Crippen LogP contribution is 2.43. The van der Waals surface area contributed by atoms with Gasteiger partial charge in [-0.25, -0.2) is 9.37 Å². The molecule has 0 aliphatic carbocycles. The van der Waals surface area contributed by atoms with Crippen LogP contribution in [0.2, 0.25) is 0 Å². The Morgan fingerprint density at radius 3 is 2.82 bits per heavy atom. The smallest absolute Gasteiger partial charge is 0.229 e. The average molecular weight is 454 g/mol. The second kappa shape index (κ2) is 7.62. The van der Waals surface area contributed by atoms with Crippen molar-refractivity contribution in [3.8, 4) is 11.4 Å². The van der Waals surface area contributed by atoms with Gasteiger partial charge in [0.15, 0.2) is 17.5 Å². The van der Waals surface area contributed by atoms with Gasteiger partial charge in [0.2, 0.25) is 5.95 Å². The summed E-state index contributed by atoms with van der Waals surface area (Å²) >= 11 is 0. The van der Waals surface area contributed by atoms with Crippen LogP contribution < -0.4 is 15.4 Å². The fraction of sp³-hybridized carbons (Fsp3) is 0.500. The first-order valence-corrected chi connectivity index (χ1v) is 11.0. The highest BCUT2D eigenvalue weighted by atomic mass is 19.1. The van der Waals surface area contributed by atoms with Crippen molar-refractivity contribution in [3.05, 3.63) is 36.0 Å². The van der Waals surface area contributed by atoms with Crippen molar-refractivity contribution < 1.29 is 9.13 Å². The van der Waals surface area contributed by atoms with Gasteiger partial charge in [-0.2, -0.15) is 9.67 Å². The minimum absolute atomic E-state index is 0.0125. The lowest BCUT2D eigenvalue weighted by Crippen LogP contribution is -2.47. The van der Waals surface area contributed by atoms with E-state index in [-0.39, 0.29) is 22.8 Å². The largest absolute Gasteiger partial charge is 0.483 e. The number of rotatable bonds is 5. The molecule has 2 aliphatic rings. The van der Waals surface area contributed by atoms with E-state index in [2.05, 4.69) is 75.8 Å². The molecule has 1 unspecified atom stereocenters. The Kier molecular flexibility index (Phi) is 4.96. The summed E-state index contributed by atoms with van der Waals surface area (Å²) in [5.74, 6) is 1.62. The molecule has 4 heterocycles. The molecule has 1 aromatic carbocycles. The van der Waals surface area contributed by atoms with Crippen molar-refractivity contribution in [2.45, 2.75) is 51.8 Å². The second-order valence-corrected chi connectivity index (χ2v) is 9.80. The van der Waals surface area contributed by atoms with E-state index < -0.39 is 5.82 Å². The van der Waals surface area contributed by atoms with Crippen molar-refractivity contribution in [2.75, 3.05) is 24.2 Å². The van der Waals surface area contributed by atoms with E-state index in [1.165, 1.54) is 6.20 Å². The molecule has 1 atom stereocenters. The Morgan fingerprint density at radius 1 is 1.24 bits per heavy atom. The SMILES string of the molecule is CN1C(C)(C)CC(CNc2nc(Nc3ccc4c(c3)-n3nnnc3CO4)ncc2F)C1(C)C. The molecule has 11 heteroatoms. The molecular weight excluding hydrogens is 425 g/mol. The van der Waals surface area contributed by atoms with Gasteiger partial charge in [0.25, 0.3) is 0 Å². The number of aromatic nitrogens is 6. The van der Waals surface area contributed by atoms with E-state index in [0.29, 0.717) is 42.0 Å². The Morgan fingerprint density at radius 2 is 2.06 bits per heavy atom. The summed E-state index contributed by atoms with van der Waals surface area (Å²) in [7, 11) is 2.15. The highest BCUT2D eigenvalue weighted by molar-refractivity contribution is 5.63. The van der Waals surface area contributed by atoms with Crippen LogP contribution in [0, 0.1) is 11.7 Å². The summed E-state index contributed by atoms with van der Waals surface area (Å²) in [6, 6.07) is 5.51. The maximum atomic E-state index is 14.5. The van der Waals surface area contributed by atoms with Gasteiger partial charge in [0.1, 0.15) is 18.0 Å². The molecule has 1 saturated heterocycles. The van der Waals surface area contributed by atoms with Crippen LogP contribution in [0.5, 0.6) is 5.75 Å². The summed E-state index contributed by atoms with van der Waals surface area (Å²) in [6.45, 7) is 9.87. The summed E-state index contributed by atoms with van der Waals surface area (Å²) in [5.41, 5.74) is 1.49. The number of benzene rings is 1. The number of nitrogens with one attached hydrogen (secondary N) is 2. The lowest BCUT2D eigenvalue weighted by molar-refractivity contribution is 0.102. The normalized spacial score (nSPS) is 20.6. The predicted molar refractivity (Wildman–Crippen MR) is 121 cm³/mol. The molecule has 2 aliphatic heterocycles. The van der Waals surface area contributed by atoms with Gasteiger partial charge in [-0.3, -0.25) is 4.90 Å². The van der Waals surface area contributed by atoms with Crippen molar-refractivity contribution in [2.24, 2.45) is 5.92 Å². The third-order valence-corrected chi connectivity index (χ3v) is 7.11. The van der Waals surface area contributed by atoms with Gasteiger partial charge < -0.3 is 15.4 Å². The first kappa shape index (κ1) is 21.5. The van der Waals surface area contributed by atoms with Crippen LogP contribution in [0.4, 0.5) is 21.8 Å². The Bertz CT molecular complexity index is 1190. The molecule has 2 N–H and O–H groups in total. The summed E-state index contributed by atoms with van der Waals surface area (Å²) < 4.78 is 21.8. The fourth-order valence-electron chi connectivity index (χ4n) is 4.77. The van der Waals surface area contributed by atoms with Crippen molar-refractivity contribution in [1.82, 2.24) is 35.1 Å². The number of likely N-dealkylation sites (tertiary alicyclic amines) is 1. The standard InChI is InChI=1S/C22H28FN9O/c1-21(2)9-13(22(3,4)31(21)5)10-24-19-15(23)11-25-20(27-19)26-14-6-7-17-16(8-14)32-18(12-33-17)28-29-30-32/h6-8,11,13H,9-10,12H2,1-5H3,(H2,24,25,26,27). The van der Waals surface area contributed by atoms with E-state index in [4.69, 9.17) is 4.74 Å². The van der Waals surface area contributed by atoms with E-state index in [0.717, 1.165) is 6.42 Å². The number of hydrogen-bond donors (Lipinski definition) is 2. The van der Waals surface area contributed by atoms with Crippen LogP contribution in [0.15, 0.2) is 24.4 Å². The van der Waals surface area contributed by atoms with Gasteiger partial charge in [0.05, 0.1) is 6.20 Å². The van der Waals surface area contributed by atoms with E-state index in [9.17, 15) is 4.39 Å². The number of nitrogens with zero attached hydrogens (tertiary/aromatic N) is 7. The maximum absolute atomic E-state index is 14.5. The average Bonchev–Trinajstić information content (AvgIpc) is 3.32. The minimum Gasteiger partial charge on any atom is -0.483 e. The zero-order chi connectivity index (χ0) is 23.4. The number of ether oxygens (including phenoxy) is 1. The molecule has 0 amide bonds.